The first kappa shape index (κ1) is 22.4. The number of carbonyl (C=O) groups excluding carboxylic acids is 4. The Morgan fingerprint density at radius 2 is 1.66 bits per heavy atom. The van der Waals surface area contributed by atoms with Crippen LogP contribution in [-0.2, 0) is 9.59 Å². The van der Waals surface area contributed by atoms with Gasteiger partial charge in [0.25, 0.3) is 17.7 Å². The number of amides is 3. The second-order valence-corrected chi connectivity index (χ2v) is 9.30. The Bertz CT molecular complexity index is 1110. The molecular weight excluding hydrogens is 496 g/mol. The number of allylic oxidation sites excluding steroid dienone is 2. The van der Waals surface area contributed by atoms with Gasteiger partial charge in [-0.3, -0.25) is 19.2 Å². The van der Waals surface area contributed by atoms with Crippen molar-refractivity contribution in [2.45, 2.75) is 13.3 Å². The van der Waals surface area contributed by atoms with Crippen molar-refractivity contribution in [2.24, 2.45) is 17.8 Å². The molecule has 2 aromatic rings. The number of hydrogen-bond acceptors (Lipinski definition) is 4. The maximum Gasteiger partial charge on any atom is 0.273 e. The van der Waals surface area contributed by atoms with Crippen LogP contribution in [0.15, 0.2) is 65.2 Å². The second-order valence-electron chi connectivity index (χ2n) is 7.94. The van der Waals surface area contributed by atoms with Crippen molar-refractivity contribution in [1.82, 2.24) is 10.0 Å². The number of Topliss-reactive ketones (excluding diaryl/α,β-unsaturated/α-hetero) is 1. The zero-order chi connectivity index (χ0) is 23.0. The minimum absolute atomic E-state index is 0.134. The maximum atomic E-state index is 13.4. The highest BCUT2D eigenvalue weighted by atomic mass is 79.9. The Kier molecular flexibility index (Phi) is 6.31. The molecule has 2 aliphatic rings. The van der Waals surface area contributed by atoms with Gasteiger partial charge in [0.05, 0.1) is 11.8 Å². The number of hydrogen-bond donors (Lipinski definition) is 0. The fourth-order valence-corrected chi connectivity index (χ4v) is 4.60. The summed E-state index contributed by atoms with van der Waals surface area (Å²) in [5.74, 6) is -3.13. The molecule has 1 saturated heterocycles. The molecule has 32 heavy (non-hydrogen) atoms. The third-order valence-corrected chi connectivity index (χ3v) is 6.66. The van der Waals surface area contributed by atoms with E-state index in [1.807, 2.05) is 19.1 Å². The number of imide groups is 1. The molecule has 3 atom stereocenters. The first-order chi connectivity index (χ1) is 15.3. The standard InChI is InChI=1S/C24H20BrClN2O4/c1-14-3-2-4-19-21(14)24(32)28(23(19)31)27(22(30)16-7-11-18(26)12-8-16)13-20(29)15-5-9-17(25)10-6-15/h2-3,5-12,14,19,21H,4,13H2,1H3/t14-,19+,21-/m1/s1. The largest absolute Gasteiger partial charge is 0.292 e. The Morgan fingerprint density at radius 3 is 2.28 bits per heavy atom. The van der Waals surface area contributed by atoms with E-state index in [0.717, 1.165) is 14.5 Å². The molecule has 0 spiro atoms. The number of halogens is 2. The molecule has 3 amide bonds. The number of benzene rings is 2. The molecule has 0 bridgehead atoms. The van der Waals surface area contributed by atoms with Crippen LogP contribution in [0.1, 0.15) is 34.1 Å². The summed E-state index contributed by atoms with van der Waals surface area (Å²) in [7, 11) is 0. The molecular formula is C24H20BrClN2O4. The number of carbonyl (C=O) groups is 4. The summed E-state index contributed by atoms with van der Waals surface area (Å²) in [6.45, 7) is 1.43. The van der Waals surface area contributed by atoms with E-state index in [9.17, 15) is 19.2 Å². The summed E-state index contributed by atoms with van der Waals surface area (Å²) < 4.78 is 0.804. The molecule has 164 valence electrons. The van der Waals surface area contributed by atoms with Crippen molar-refractivity contribution in [1.29, 1.82) is 0 Å². The Morgan fingerprint density at radius 1 is 1.03 bits per heavy atom. The zero-order valence-corrected chi connectivity index (χ0v) is 19.5. The van der Waals surface area contributed by atoms with E-state index in [0.29, 0.717) is 17.0 Å². The topological polar surface area (TPSA) is 74.8 Å². The van der Waals surface area contributed by atoms with Gasteiger partial charge in [-0.1, -0.05) is 58.7 Å². The van der Waals surface area contributed by atoms with E-state index in [2.05, 4.69) is 15.9 Å². The average Bonchev–Trinajstić information content (AvgIpc) is 3.03. The molecule has 6 nitrogen and oxygen atoms in total. The van der Waals surface area contributed by atoms with Gasteiger partial charge in [-0.25, -0.2) is 5.01 Å². The van der Waals surface area contributed by atoms with Crippen LogP contribution in [0.5, 0.6) is 0 Å². The molecule has 2 aromatic carbocycles. The minimum atomic E-state index is -0.618. The summed E-state index contributed by atoms with van der Waals surface area (Å²) in [6.07, 6.45) is 4.23. The maximum absolute atomic E-state index is 13.4. The molecule has 1 aliphatic carbocycles. The predicted molar refractivity (Wildman–Crippen MR) is 123 cm³/mol. The van der Waals surface area contributed by atoms with Gasteiger partial charge in [-0.2, -0.15) is 5.01 Å². The van der Waals surface area contributed by atoms with Gasteiger partial charge in [-0.05, 0) is 48.7 Å². The highest BCUT2D eigenvalue weighted by Gasteiger charge is 2.53. The number of rotatable bonds is 5. The summed E-state index contributed by atoms with van der Waals surface area (Å²) in [5, 5.41) is 2.30. The summed E-state index contributed by atoms with van der Waals surface area (Å²) in [4.78, 5) is 52.9. The molecule has 0 N–H and O–H groups in total. The fraction of sp³-hybridized carbons (Fsp3) is 0.250. The minimum Gasteiger partial charge on any atom is -0.292 e. The lowest BCUT2D eigenvalue weighted by atomic mass is 9.78. The Balaban J connectivity index is 1.70. The van der Waals surface area contributed by atoms with Gasteiger partial charge in [0.1, 0.15) is 6.54 Å². The zero-order valence-electron chi connectivity index (χ0n) is 17.2. The van der Waals surface area contributed by atoms with Crippen LogP contribution >= 0.6 is 27.5 Å². The van der Waals surface area contributed by atoms with Gasteiger partial charge in [0.2, 0.25) is 0 Å². The van der Waals surface area contributed by atoms with Gasteiger partial charge in [-0.15, -0.1) is 0 Å². The highest BCUT2D eigenvalue weighted by Crippen LogP contribution is 2.39. The van der Waals surface area contributed by atoms with Crippen molar-refractivity contribution in [3.8, 4) is 0 Å². The van der Waals surface area contributed by atoms with Crippen LogP contribution in [0.4, 0.5) is 0 Å². The quantitative estimate of drug-likeness (QED) is 0.333. The molecule has 8 heteroatoms. The molecule has 1 aliphatic heterocycles. The average molecular weight is 516 g/mol. The summed E-state index contributed by atoms with van der Waals surface area (Å²) in [5.41, 5.74) is 0.591. The SMILES string of the molecule is C[C@@H]1C=CC[C@@H]2C(=O)N(N(CC(=O)c3ccc(Br)cc3)C(=O)c3ccc(Cl)cc3)C(=O)[C@H]12. The molecule has 0 saturated carbocycles. The van der Waals surface area contributed by atoms with E-state index in [1.165, 1.54) is 12.1 Å². The summed E-state index contributed by atoms with van der Waals surface area (Å²) >= 11 is 9.26. The normalized spacial score (nSPS) is 22.1. The first-order valence-corrected chi connectivity index (χ1v) is 11.4. The number of hydrazine groups is 1. The lowest BCUT2D eigenvalue weighted by molar-refractivity contribution is -0.154. The van der Waals surface area contributed by atoms with Crippen LogP contribution in [0, 0.1) is 17.8 Å². The molecule has 0 aromatic heterocycles. The number of fused-ring (bicyclic) bond motifs is 1. The molecule has 1 heterocycles. The van der Waals surface area contributed by atoms with Crippen LogP contribution < -0.4 is 0 Å². The number of ketones is 1. The van der Waals surface area contributed by atoms with Gasteiger partial charge >= 0.3 is 0 Å². The molecule has 4 rings (SSSR count). The smallest absolute Gasteiger partial charge is 0.273 e. The third kappa shape index (κ3) is 4.14. The van der Waals surface area contributed by atoms with Crippen molar-refractivity contribution in [3.63, 3.8) is 0 Å². The van der Waals surface area contributed by atoms with E-state index in [-0.39, 0.29) is 17.3 Å². The van der Waals surface area contributed by atoms with Crippen LogP contribution in [0.3, 0.4) is 0 Å². The lowest BCUT2D eigenvalue weighted by Crippen LogP contribution is -2.52. The van der Waals surface area contributed by atoms with E-state index < -0.39 is 36.1 Å². The van der Waals surface area contributed by atoms with Gasteiger partial charge in [0.15, 0.2) is 5.78 Å². The van der Waals surface area contributed by atoms with Crippen molar-refractivity contribution in [3.05, 3.63) is 81.3 Å². The van der Waals surface area contributed by atoms with Gasteiger partial charge < -0.3 is 0 Å². The van der Waals surface area contributed by atoms with E-state index >= 15 is 0 Å². The van der Waals surface area contributed by atoms with Gasteiger partial charge in [0, 0.05) is 20.6 Å². The van der Waals surface area contributed by atoms with Crippen molar-refractivity contribution in [2.75, 3.05) is 6.54 Å². The first-order valence-electron chi connectivity index (χ1n) is 10.2. The second kappa shape index (κ2) is 9.00. The van der Waals surface area contributed by atoms with Crippen molar-refractivity contribution < 1.29 is 19.2 Å². The summed E-state index contributed by atoms with van der Waals surface area (Å²) in [6, 6.07) is 12.8. The highest BCUT2D eigenvalue weighted by molar-refractivity contribution is 9.10. The monoisotopic (exact) mass is 514 g/mol. The predicted octanol–water partition coefficient (Wildman–Crippen LogP) is 4.54. The lowest BCUT2D eigenvalue weighted by Gasteiger charge is -2.30. The fourth-order valence-electron chi connectivity index (χ4n) is 4.21. The molecule has 1 fully saturated rings. The number of nitrogens with zero attached hydrogens (tertiary/aromatic N) is 2. The Hall–Kier alpha value is -2.77. The van der Waals surface area contributed by atoms with Crippen molar-refractivity contribution >= 4 is 51.0 Å². The van der Waals surface area contributed by atoms with E-state index in [4.69, 9.17) is 11.6 Å². The molecule has 0 radical (unpaired) electrons. The van der Waals surface area contributed by atoms with Crippen LogP contribution in [0.25, 0.3) is 0 Å². The van der Waals surface area contributed by atoms with Crippen LogP contribution in [-0.4, -0.2) is 40.1 Å². The molecule has 0 unspecified atom stereocenters. The Labute approximate surface area is 198 Å². The van der Waals surface area contributed by atoms with E-state index in [1.54, 1.807) is 36.4 Å². The third-order valence-electron chi connectivity index (χ3n) is 5.88. The van der Waals surface area contributed by atoms with Crippen LogP contribution in [0.2, 0.25) is 5.02 Å².